The summed E-state index contributed by atoms with van der Waals surface area (Å²) in [5, 5.41) is 2.93. The lowest BCUT2D eigenvalue weighted by Crippen LogP contribution is -2.53. The molecular weight excluding hydrogens is 306 g/mol. The highest BCUT2D eigenvalue weighted by molar-refractivity contribution is 5.81. The van der Waals surface area contributed by atoms with E-state index in [4.69, 9.17) is 4.74 Å². The van der Waals surface area contributed by atoms with E-state index >= 15 is 0 Å². The molecule has 2 amide bonds. The summed E-state index contributed by atoms with van der Waals surface area (Å²) in [7, 11) is 0. The molecule has 2 aliphatic heterocycles. The van der Waals surface area contributed by atoms with Crippen LogP contribution in [-0.4, -0.2) is 73.1 Å². The number of hydrogen-bond acceptors (Lipinski definition) is 4. The van der Waals surface area contributed by atoms with Crippen LogP contribution < -0.4 is 5.32 Å². The minimum atomic E-state index is 0.0341. The molecule has 3 rings (SSSR count). The molecule has 1 aliphatic carbocycles. The fourth-order valence-electron chi connectivity index (χ4n) is 4.05. The standard InChI is InChI=1S/C18H31N3O3/c1-14(22)19-8-11-21(17-6-12-24-13-7-17)16-4-9-20(10-5-16)18(23)15-2-3-15/h15-17H,2-13H2,1H3,(H,19,22). The number of likely N-dealkylation sites (tertiary alicyclic amines) is 1. The molecule has 0 aromatic rings. The number of nitrogens with one attached hydrogen (secondary N) is 1. The van der Waals surface area contributed by atoms with Crippen LogP contribution in [0.25, 0.3) is 0 Å². The Bertz CT molecular complexity index is 439. The van der Waals surface area contributed by atoms with E-state index < -0.39 is 0 Å². The van der Waals surface area contributed by atoms with Gasteiger partial charge in [-0.25, -0.2) is 0 Å². The molecule has 1 N–H and O–H groups in total. The average Bonchev–Trinajstić information content (AvgIpc) is 3.44. The van der Waals surface area contributed by atoms with E-state index in [2.05, 4.69) is 15.1 Å². The highest BCUT2D eigenvalue weighted by Crippen LogP contribution is 2.32. The molecule has 6 heteroatoms. The molecular formula is C18H31N3O3. The Balaban J connectivity index is 1.53. The minimum Gasteiger partial charge on any atom is -0.381 e. The van der Waals surface area contributed by atoms with Crippen molar-refractivity contribution in [3.8, 4) is 0 Å². The predicted molar refractivity (Wildman–Crippen MR) is 91.6 cm³/mol. The highest BCUT2D eigenvalue weighted by Gasteiger charge is 2.36. The average molecular weight is 337 g/mol. The maximum Gasteiger partial charge on any atom is 0.225 e. The van der Waals surface area contributed by atoms with Crippen LogP contribution >= 0.6 is 0 Å². The Morgan fingerprint density at radius 1 is 1.04 bits per heavy atom. The van der Waals surface area contributed by atoms with Gasteiger partial charge in [-0.2, -0.15) is 0 Å². The van der Waals surface area contributed by atoms with Crippen LogP contribution in [0.3, 0.4) is 0 Å². The molecule has 2 saturated heterocycles. The number of carbonyl (C=O) groups is 2. The first-order valence-corrected chi connectivity index (χ1v) is 9.52. The van der Waals surface area contributed by atoms with Crippen molar-refractivity contribution >= 4 is 11.8 Å². The topological polar surface area (TPSA) is 61.9 Å². The van der Waals surface area contributed by atoms with Crippen molar-refractivity contribution in [1.82, 2.24) is 15.1 Å². The molecule has 1 saturated carbocycles. The van der Waals surface area contributed by atoms with Gasteiger partial charge in [0.05, 0.1) is 0 Å². The maximum atomic E-state index is 12.2. The molecule has 2 heterocycles. The zero-order valence-corrected chi connectivity index (χ0v) is 14.8. The lowest BCUT2D eigenvalue weighted by atomic mass is 9.97. The molecule has 0 unspecified atom stereocenters. The number of ether oxygens (including phenoxy) is 1. The molecule has 0 bridgehead atoms. The van der Waals surface area contributed by atoms with Gasteiger partial charge in [0, 0.05) is 64.3 Å². The van der Waals surface area contributed by atoms with E-state index in [1.807, 2.05) is 0 Å². The van der Waals surface area contributed by atoms with Crippen molar-refractivity contribution in [2.75, 3.05) is 39.4 Å². The summed E-state index contributed by atoms with van der Waals surface area (Å²) in [4.78, 5) is 28.1. The number of amides is 2. The van der Waals surface area contributed by atoms with Gasteiger partial charge in [0.25, 0.3) is 0 Å². The molecule has 0 aromatic heterocycles. The van der Waals surface area contributed by atoms with E-state index in [-0.39, 0.29) is 5.91 Å². The van der Waals surface area contributed by atoms with Crippen LogP contribution in [0.2, 0.25) is 0 Å². The van der Waals surface area contributed by atoms with Gasteiger partial charge in [-0.15, -0.1) is 0 Å². The quantitative estimate of drug-likeness (QED) is 0.786. The third-order valence-corrected chi connectivity index (χ3v) is 5.58. The van der Waals surface area contributed by atoms with Crippen LogP contribution in [0.4, 0.5) is 0 Å². The second kappa shape index (κ2) is 8.30. The molecule has 0 spiro atoms. The molecule has 0 aromatic carbocycles. The normalized spacial score (nSPS) is 23.5. The van der Waals surface area contributed by atoms with Crippen LogP contribution in [0.5, 0.6) is 0 Å². The molecule has 3 aliphatic rings. The predicted octanol–water partition coefficient (Wildman–Crippen LogP) is 1.00. The van der Waals surface area contributed by atoms with Gasteiger partial charge in [0.1, 0.15) is 0 Å². The Morgan fingerprint density at radius 2 is 1.67 bits per heavy atom. The summed E-state index contributed by atoms with van der Waals surface area (Å²) in [5.41, 5.74) is 0. The van der Waals surface area contributed by atoms with Crippen molar-refractivity contribution < 1.29 is 14.3 Å². The monoisotopic (exact) mass is 337 g/mol. The van der Waals surface area contributed by atoms with Gasteiger partial charge in [-0.05, 0) is 38.5 Å². The zero-order valence-electron chi connectivity index (χ0n) is 14.8. The molecule has 3 fully saturated rings. The van der Waals surface area contributed by atoms with Crippen molar-refractivity contribution in [2.24, 2.45) is 5.92 Å². The maximum absolute atomic E-state index is 12.2. The number of rotatable bonds is 6. The SMILES string of the molecule is CC(=O)NCCN(C1CCOCC1)C1CCN(C(=O)C2CC2)CC1. The first-order chi connectivity index (χ1) is 11.6. The van der Waals surface area contributed by atoms with Gasteiger partial charge in [0.2, 0.25) is 11.8 Å². The second-order valence-electron chi connectivity index (χ2n) is 7.40. The van der Waals surface area contributed by atoms with Gasteiger partial charge in [-0.1, -0.05) is 0 Å². The number of carbonyl (C=O) groups excluding carboxylic acids is 2. The lowest BCUT2D eigenvalue weighted by molar-refractivity contribution is -0.134. The fraction of sp³-hybridized carbons (Fsp3) is 0.889. The smallest absolute Gasteiger partial charge is 0.225 e. The third kappa shape index (κ3) is 4.70. The van der Waals surface area contributed by atoms with Gasteiger partial charge in [-0.3, -0.25) is 14.5 Å². The summed E-state index contributed by atoms with van der Waals surface area (Å²) >= 11 is 0. The van der Waals surface area contributed by atoms with Crippen LogP contribution in [-0.2, 0) is 14.3 Å². The fourth-order valence-corrected chi connectivity index (χ4v) is 4.05. The Hall–Kier alpha value is -1.14. The van der Waals surface area contributed by atoms with Gasteiger partial charge in [0.15, 0.2) is 0 Å². The lowest BCUT2D eigenvalue weighted by Gasteiger charge is -2.43. The van der Waals surface area contributed by atoms with Crippen LogP contribution in [0, 0.1) is 5.92 Å². The van der Waals surface area contributed by atoms with Crippen molar-refractivity contribution in [2.45, 2.75) is 57.5 Å². The third-order valence-electron chi connectivity index (χ3n) is 5.58. The van der Waals surface area contributed by atoms with Crippen molar-refractivity contribution in [3.63, 3.8) is 0 Å². The van der Waals surface area contributed by atoms with Crippen LogP contribution in [0.15, 0.2) is 0 Å². The van der Waals surface area contributed by atoms with Gasteiger partial charge >= 0.3 is 0 Å². The van der Waals surface area contributed by atoms with E-state index in [9.17, 15) is 9.59 Å². The summed E-state index contributed by atoms with van der Waals surface area (Å²) in [6.45, 7) is 6.61. The highest BCUT2D eigenvalue weighted by atomic mass is 16.5. The van der Waals surface area contributed by atoms with E-state index in [1.54, 1.807) is 6.92 Å². The minimum absolute atomic E-state index is 0.0341. The summed E-state index contributed by atoms with van der Waals surface area (Å²) in [5.74, 6) is 0.740. The first kappa shape index (κ1) is 17.7. The number of nitrogens with zero attached hydrogens (tertiary/aromatic N) is 2. The Labute approximate surface area is 144 Å². The van der Waals surface area contributed by atoms with Crippen LogP contribution in [0.1, 0.15) is 45.4 Å². The van der Waals surface area contributed by atoms with E-state index in [1.165, 1.54) is 0 Å². The molecule has 6 nitrogen and oxygen atoms in total. The zero-order chi connectivity index (χ0) is 16.9. The molecule has 0 atom stereocenters. The van der Waals surface area contributed by atoms with Crippen molar-refractivity contribution in [1.29, 1.82) is 0 Å². The Kier molecular flexibility index (Phi) is 6.11. The molecule has 136 valence electrons. The summed E-state index contributed by atoms with van der Waals surface area (Å²) < 4.78 is 5.51. The Morgan fingerprint density at radius 3 is 2.25 bits per heavy atom. The molecule has 0 radical (unpaired) electrons. The number of piperidine rings is 1. The van der Waals surface area contributed by atoms with E-state index in [0.29, 0.717) is 30.5 Å². The molecule has 24 heavy (non-hydrogen) atoms. The first-order valence-electron chi connectivity index (χ1n) is 9.52. The van der Waals surface area contributed by atoms with E-state index in [0.717, 1.165) is 71.4 Å². The van der Waals surface area contributed by atoms with Crippen molar-refractivity contribution in [3.05, 3.63) is 0 Å². The summed E-state index contributed by atoms with van der Waals surface area (Å²) in [6, 6.07) is 1.06. The largest absolute Gasteiger partial charge is 0.381 e. The number of hydrogen-bond donors (Lipinski definition) is 1. The summed E-state index contributed by atoms with van der Waals surface area (Å²) in [6.07, 6.45) is 6.42. The van der Waals surface area contributed by atoms with Gasteiger partial charge < -0.3 is 15.0 Å². The second-order valence-corrected chi connectivity index (χ2v) is 7.40.